The fourth-order valence-corrected chi connectivity index (χ4v) is 6.57. The largest absolute Gasteiger partial charge is 0.497 e. The van der Waals surface area contributed by atoms with Gasteiger partial charge in [-0.25, -0.2) is 14.0 Å². The Morgan fingerprint density at radius 1 is 1.13 bits per heavy atom. The molecule has 47 heavy (non-hydrogen) atoms. The first-order valence-electron chi connectivity index (χ1n) is 15.5. The Kier molecular flexibility index (Phi) is 10.0. The van der Waals surface area contributed by atoms with E-state index in [-0.39, 0.29) is 59.4 Å². The summed E-state index contributed by atoms with van der Waals surface area (Å²) < 4.78 is 21.8. The molecule has 1 fully saturated rings. The van der Waals surface area contributed by atoms with Gasteiger partial charge in [-0.2, -0.15) is 0 Å². The number of nitrogens with two attached hydrogens (primary N) is 1. The maximum atomic E-state index is 14.4. The van der Waals surface area contributed by atoms with Gasteiger partial charge in [0.2, 0.25) is 11.8 Å². The Balaban J connectivity index is 1.35. The van der Waals surface area contributed by atoms with E-state index < -0.39 is 29.0 Å². The lowest BCUT2D eigenvalue weighted by molar-refractivity contribution is -0.133. The Labute approximate surface area is 275 Å². The van der Waals surface area contributed by atoms with Crippen LogP contribution >= 0.6 is 11.6 Å². The zero-order chi connectivity index (χ0) is 34.0. The average molecular weight is 669 g/mol. The van der Waals surface area contributed by atoms with Crippen LogP contribution in [-0.2, 0) is 16.1 Å². The maximum Gasteiger partial charge on any atom is 0.331 e. The topological polar surface area (TPSA) is 149 Å². The number of piperidine rings is 1. The number of benzene rings is 2. The molecular formula is C33H38ClFN6O6. The highest BCUT2D eigenvalue weighted by Gasteiger charge is 2.34. The standard InChI is InChI=1S/C33H38ClFN6O6/c1-19-16-40(32(45)37-27-9-8-22(47-3)15-24(19)27)21-11-13-38(14-12-21)29(43)18-39-17-25(23-5-4-6-26(35)30(23)34)31(44)41(33(39)46)20(2)7-10-28(36)42/h4-6,8-9,15,17,19-21H,7,10-14,16,18H2,1-3H3,(H2,36,42)(H,37,45)/t19?,20-/m0/s1. The molecular weight excluding hydrogens is 631 g/mol. The second kappa shape index (κ2) is 14.0. The number of hydrogen-bond donors (Lipinski definition) is 2. The number of nitrogens with zero attached hydrogens (tertiary/aromatic N) is 4. The van der Waals surface area contributed by atoms with Crippen LogP contribution in [0.4, 0.5) is 14.9 Å². The van der Waals surface area contributed by atoms with E-state index in [2.05, 4.69) is 12.2 Å². The molecule has 0 saturated carbocycles. The predicted octanol–water partition coefficient (Wildman–Crippen LogP) is 3.95. The summed E-state index contributed by atoms with van der Waals surface area (Å²) in [6.45, 7) is 4.48. The van der Waals surface area contributed by atoms with Crippen molar-refractivity contribution in [3.8, 4) is 16.9 Å². The summed E-state index contributed by atoms with van der Waals surface area (Å²) >= 11 is 6.22. The number of likely N-dealkylation sites (tertiary alicyclic amines) is 1. The number of primary amides is 1. The van der Waals surface area contributed by atoms with Gasteiger partial charge >= 0.3 is 11.7 Å². The number of urea groups is 1. The van der Waals surface area contributed by atoms with E-state index in [0.29, 0.717) is 38.2 Å². The lowest BCUT2D eigenvalue weighted by atomic mass is 9.97. The first-order chi connectivity index (χ1) is 22.4. The molecule has 12 nitrogen and oxygen atoms in total. The third-order valence-electron chi connectivity index (χ3n) is 9.00. The molecule has 2 aromatic carbocycles. The molecule has 1 unspecified atom stereocenters. The number of ether oxygens (including phenoxy) is 1. The molecule has 0 aliphatic carbocycles. The van der Waals surface area contributed by atoms with Crippen LogP contribution < -0.4 is 27.0 Å². The number of nitrogens with one attached hydrogen (secondary N) is 1. The monoisotopic (exact) mass is 668 g/mol. The summed E-state index contributed by atoms with van der Waals surface area (Å²) in [7, 11) is 1.60. The lowest BCUT2D eigenvalue weighted by Crippen LogP contribution is -2.51. The van der Waals surface area contributed by atoms with Crippen LogP contribution in [0.2, 0.25) is 5.02 Å². The van der Waals surface area contributed by atoms with Gasteiger partial charge in [-0.15, -0.1) is 0 Å². The molecule has 3 N–H and O–H groups in total. The summed E-state index contributed by atoms with van der Waals surface area (Å²) in [5, 5.41) is 2.71. The summed E-state index contributed by atoms with van der Waals surface area (Å²) in [5.41, 5.74) is 5.55. The minimum atomic E-state index is -0.752. The highest BCUT2D eigenvalue weighted by Crippen LogP contribution is 2.34. The van der Waals surface area contributed by atoms with Gasteiger partial charge in [0.05, 0.1) is 17.7 Å². The van der Waals surface area contributed by atoms with Gasteiger partial charge in [-0.05, 0) is 56.0 Å². The zero-order valence-electron chi connectivity index (χ0n) is 26.5. The number of anilines is 1. The minimum absolute atomic E-state index is 0.0485. The highest BCUT2D eigenvalue weighted by molar-refractivity contribution is 6.33. The van der Waals surface area contributed by atoms with Crippen molar-refractivity contribution in [2.24, 2.45) is 5.73 Å². The van der Waals surface area contributed by atoms with Crippen LogP contribution in [0.1, 0.15) is 57.1 Å². The van der Waals surface area contributed by atoms with Crippen LogP contribution in [0.3, 0.4) is 0 Å². The third kappa shape index (κ3) is 7.04. The molecule has 5 rings (SSSR count). The molecule has 14 heteroatoms. The van der Waals surface area contributed by atoms with Gasteiger partial charge in [-0.3, -0.25) is 23.5 Å². The van der Waals surface area contributed by atoms with E-state index in [1.165, 1.54) is 18.3 Å². The second-order valence-corrected chi connectivity index (χ2v) is 12.5. The Bertz CT molecular complexity index is 1820. The Morgan fingerprint density at radius 3 is 2.53 bits per heavy atom. The van der Waals surface area contributed by atoms with Gasteiger partial charge < -0.3 is 25.6 Å². The smallest absolute Gasteiger partial charge is 0.331 e. The summed E-state index contributed by atoms with van der Waals surface area (Å²) in [5.74, 6) is -0.932. The van der Waals surface area contributed by atoms with Crippen LogP contribution in [0.15, 0.2) is 52.2 Å². The van der Waals surface area contributed by atoms with Crippen molar-refractivity contribution in [3.63, 3.8) is 0 Å². The molecule has 0 bridgehead atoms. The van der Waals surface area contributed by atoms with E-state index in [0.717, 1.165) is 26.5 Å². The maximum absolute atomic E-state index is 14.4. The van der Waals surface area contributed by atoms with Crippen LogP contribution in [0, 0.1) is 5.82 Å². The SMILES string of the molecule is COc1ccc2c(c1)C(C)CN(C1CCN(C(=O)Cn3cc(-c4cccc(F)c4Cl)c(=O)n([C@@H](C)CCC(N)=O)c3=O)CC1)C(=O)N2. The van der Waals surface area contributed by atoms with E-state index >= 15 is 0 Å². The molecule has 4 amide bonds. The number of carbonyl (C=O) groups is 3. The number of carbonyl (C=O) groups excluding carboxylic acids is 3. The lowest BCUT2D eigenvalue weighted by Gasteiger charge is -2.38. The molecule has 1 aromatic heterocycles. The second-order valence-electron chi connectivity index (χ2n) is 12.1. The van der Waals surface area contributed by atoms with Crippen molar-refractivity contribution in [1.29, 1.82) is 0 Å². The van der Waals surface area contributed by atoms with Gasteiger partial charge in [0, 0.05) is 61.5 Å². The molecule has 2 atom stereocenters. The number of amides is 4. The number of fused-ring (bicyclic) bond motifs is 1. The predicted molar refractivity (Wildman–Crippen MR) is 175 cm³/mol. The van der Waals surface area contributed by atoms with Crippen molar-refractivity contribution >= 4 is 35.1 Å². The number of halogens is 2. The normalized spacial score (nSPS) is 17.5. The first kappa shape index (κ1) is 33.7. The summed E-state index contributed by atoms with van der Waals surface area (Å²) in [6.07, 6.45) is 2.33. The molecule has 2 aliphatic heterocycles. The quantitative estimate of drug-likeness (QED) is 0.353. The molecule has 0 spiro atoms. The third-order valence-corrected chi connectivity index (χ3v) is 9.39. The average Bonchev–Trinajstić information content (AvgIpc) is 3.17. The van der Waals surface area contributed by atoms with Crippen molar-refractivity contribution in [3.05, 3.63) is 79.8 Å². The van der Waals surface area contributed by atoms with E-state index in [1.807, 2.05) is 17.0 Å². The molecule has 2 aliphatic rings. The fourth-order valence-electron chi connectivity index (χ4n) is 6.34. The first-order valence-corrected chi connectivity index (χ1v) is 15.9. The molecule has 3 heterocycles. The van der Waals surface area contributed by atoms with E-state index in [9.17, 15) is 28.4 Å². The number of methoxy groups -OCH3 is 1. The molecule has 250 valence electrons. The highest BCUT2D eigenvalue weighted by atomic mass is 35.5. The van der Waals surface area contributed by atoms with Gasteiger partial charge in [0.1, 0.15) is 18.1 Å². The van der Waals surface area contributed by atoms with Crippen molar-refractivity contribution < 1.29 is 23.5 Å². The summed E-state index contributed by atoms with van der Waals surface area (Å²) in [6, 6.07) is 8.52. The minimum Gasteiger partial charge on any atom is -0.497 e. The van der Waals surface area contributed by atoms with Gasteiger partial charge in [0.25, 0.3) is 5.56 Å². The van der Waals surface area contributed by atoms with Gasteiger partial charge in [0.15, 0.2) is 0 Å². The van der Waals surface area contributed by atoms with Gasteiger partial charge in [-0.1, -0.05) is 30.7 Å². The fraction of sp³-hybridized carbons (Fsp3) is 0.424. The molecule has 1 saturated heterocycles. The Hall–Kier alpha value is -4.65. The summed E-state index contributed by atoms with van der Waals surface area (Å²) in [4.78, 5) is 68.8. The number of rotatable bonds is 9. The van der Waals surface area contributed by atoms with E-state index in [1.54, 1.807) is 25.0 Å². The number of aromatic nitrogens is 2. The zero-order valence-corrected chi connectivity index (χ0v) is 27.3. The van der Waals surface area contributed by atoms with Crippen LogP contribution in [0.5, 0.6) is 5.75 Å². The Morgan fingerprint density at radius 2 is 1.85 bits per heavy atom. The molecule has 3 aromatic rings. The van der Waals surface area contributed by atoms with Crippen LogP contribution in [0.25, 0.3) is 11.1 Å². The van der Waals surface area contributed by atoms with Crippen LogP contribution in [-0.4, -0.2) is 69.6 Å². The van der Waals surface area contributed by atoms with Crippen molar-refractivity contribution in [2.75, 3.05) is 32.1 Å². The number of hydrogen-bond acceptors (Lipinski definition) is 6. The van der Waals surface area contributed by atoms with Crippen molar-refractivity contribution in [2.45, 2.75) is 64.1 Å². The van der Waals surface area contributed by atoms with Crippen molar-refractivity contribution in [1.82, 2.24) is 18.9 Å². The van der Waals surface area contributed by atoms with E-state index in [4.69, 9.17) is 22.1 Å². The molecule has 0 radical (unpaired) electrons.